The van der Waals surface area contributed by atoms with E-state index >= 15 is 0 Å². The third-order valence-electron chi connectivity index (χ3n) is 7.09. The van der Waals surface area contributed by atoms with Crippen molar-refractivity contribution in [3.63, 3.8) is 0 Å². The Balaban J connectivity index is 0.000000119. The minimum absolute atomic E-state index is 0.766. The van der Waals surface area contributed by atoms with Crippen molar-refractivity contribution in [2.24, 2.45) is 0 Å². The van der Waals surface area contributed by atoms with Gasteiger partial charge in [0, 0.05) is 62.0 Å². The van der Waals surface area contributed by atoms with Crippen molar-refractivity contribution in [3.8, 4) is 22.8 Å². The highest BCUT2D eigenvalue weighted by Gasteiger charge is 2.17. The molecule has 10 heterocycles. The molecule has 10 rings (SSSR count). The molecular weight excluding hydrogens is 532 g/mol. The molecule has 0 saturated heterocycles. The van der Waals surface area contributed by atoms with E-state index in [9.17, 15) is 0 Å². The van der Waals surface area contributed by atoms with Gasteiger partial charge in [-0.3, -0.25) is 27.6 Å². The van der Waals surface area contributed by atoms with E-state index in [4.69, 9.17) is 0 Å². The fourth-order valence-electron chi connectivity index (χ4n) is 5.30. The maximum Gasteiger partial charge on any atom is 0.224 e. The van der Waals surface area contributed by atoms with Crippen LogP contribution in [0.4, 0.5) is 0 Å². The Morgan fingerprint density at radius 2 is 0.738 bits per heavy atom. The van der Waals surface area contributed by atoms with Gasteiger partial charge in [0.25, 0.3) is 0 Å². The van der Waals surface area contributed by atoms with Gasteiger partial charge in [0.15, 0.2) is 0 Å². The monoisotopic (exact) mass is 550 g/mol. The molecule has 0 spiro atoms. The fourth-order valence-corrected chi connectivity index (χ4v) is 5.30. The predicted molar refractivity (Wildman–Crippen MR) is 152 cm³/mol. The van der Waals surface area contributed by atoms with Crippen LogP contribution in [0, 0.1) is 0 Å². The second-order valence-electron chi connectivity index (χ2n) is 9.38. The van der Waals surface area contributed by atoms with E-state index in [1.54, 1.807) is 37.2 Å². The Kier molecular flexibility index (Phi) is 4.54. The van der Waals surface area contributed by atoms with Crippen LogP contribution in [0.1, 0.15) is 0 Å². The largest absolute Gasteiger partial charge is 0.255 e. The van der Waals surface area contributed by atoms with Crippen LogP contribution in [0.3, 0.4) is 0 Å². The zero-order valence-electron chi connectivity index (χ0n) is 21.7. The van der Waals surface area contributed by atoms with E-state index in [1.807, 2.05) is 100.0 Å². The summed E-state index contributed by atoms with van der Waals surface area (Å²) in [5, 5.41) is 0. The minimum atomic E-state index is 0.766. The molecule has 0 radical (unpaired) electrons. The van der Waals surface area contributed by atoms with Gasteiger partial charge in [-0.25, -0.2) is 38.7 Å². The van der Waals surface area contributed by atoms with Crippen molar-refractivity contribution < 1.29 is 0 Å². The van der Waals surface area contributed by atoms with Gasteiger partial charge in [0.05, 0.1) is 35.2 Å². The standard InChI is InChI=1S/2C14H9N7/c2*1-2-4-15-10(3-1)11-9-18-14-20-7-5-16-12(20)19-8-6-17-13(19)21(11)14/h2*1-9H. The summed E-state index contributed by atoms with van der Waals surface area (Å²) in [5.41, 5.74) is 3.51. The van der Waals surface area contributed by atoms with Gasteiger partial charge in [-0.2, -0.15) is 0 Å². The Morgan fingerprint density at radius 1 is 0.357 bits per heavy atom. The highest BCUT2D eigenvalue weighted by Crippen LogP contribution is 2.23. The summed E-state index contributed by atoms with van der Waals surface area (Å²) in [5.74, 6) is 4.63. The molecule has 42 heavy (non-hydrogen) atoms. The van der Waals surface area contributed by atoms with Gasteiger partial charge in [0.2, 0.25) is 34.7 Å². The van der Waals surface area contributed by atoms with Gasteiger partial charge in [0.1, 0.15) is 0 Å². The number of nitrogens with zero attached hydrogens (tertiary/aromatic N) is 14. The van der Waals surface area contributed by atoms with Crippen molar-refractivity contribution in [2.75, 3.05) is 0 Å². The van der Waals surface area contributed by atoms with Crippen LogP contribution in [0.25, 0.3) is 57.4 Å². The van der Waals surface area contributed by atoms with Crippen LogP contribution >= 0.6 is 0 Å². The molecule has 0 saturated carbocycles. The van der Waals surface area contributed by atoms with E-state index in [0.717, 1.165) is 57.4 Å². The lowest BCUT2D eigenvalue weighted by atomic mass is 10.3. The van der Waals surface area contributed by atoms with Gasteiger partial charge in [-0.05, 0) is 24.3 Å². The van der Waals surface area contributed by atoms with Gasteiger partial charge >= 0.3 is 0 Å². The number of pyridine rings is 2. The molecule has 0 aromatic carbocycles. The Bertz CT molecular complexity index is 2290. The van der Waals surface area contributed by atoms with Crippen molar-refractivity contribution in [1.82, 2.24) is 66.3 Å². The summed E-state index contributed by atoms with van der Waals surface area (Å²) in [4.78, 5) is 35.5. The molecule has 0 aliphatic rings. The second kappa shape index (κ2) is 8.53. The Hall–Kier alpha value is -6.44. The number of hydrogen-bond acceptors (Lipinski definition) is 8. The molecule has 0 N–H and O–H groups in total. The maximum absolute atomic E-state index is 4.52. The van der Waals surface area contributed by atoms with Gasteiger partial charge in [-0.1, -0.05) is 12.1 Å². The maximum atomic E-state index is 4.52. The molecule has 10 aromatic heterocycles. The molecule has 14 heteroatoms. The summed E-state index contributed by atoms with van der Waals surface area (Å²) >= 11 is 0. The molecule has 0 aliphatic heterocycles. The fraction of sp³-hybridized carbons (Fsp3) is 0. The summed E-state index contributed by atoms with van der Waals surface area (Å²) in [6.45, 7) is 0. The first-order valence-corrected chi connectivity index (χ1v) is 13.0. The number of fused-ring (bicyclic) bond motifs is 12. The van der Waals surface area contributed by atoms with E-state index in [1.165, 1.54) is 0 Å². The third kappa shape index (κ3) is 3.08. The first-order valence-electron chi connectivity index (χ1n) is 13.0. The number of rotatable bonds is 2. The normalized spacial score (nSPS) is 11.8. The van der Waals surface area contributed by atoms with E-state index in [2.05, 4.69) is 39.9 Å². The third-order valence-corrected chi connectivity index (χ3v) is 7.09. The summed E-state index contributed by atoms with van der Waals surface area (Å²) in [7, 11) is 0. The van der Waals surface area contributed by atoms with E-state index in [0.29, 0.717) is 0 Å². The molecule has 0 aliphatic carbocycles. The van der Waals surface area contributed by atoms with Crippen LogP contribution in [0.15, 0.2) is 111 Å². The Labute approximate surface area is 234 Å². The van der Waals surface area contributed by atoms with Gasteiger partial charge in [-0.15, -0.1) is 0 Å². The summed E-state index contributed by atoms with van der Waals surface area (Å²) < 4.78 is 11.7. The topological polar surface area (TPSA) is 130 Å². The molecule has 0 bridgehead atoms. The molecule has 200 valence electrons. The minimum Gasteiger partial charge on any atom is -0.255 e. The van der Waals surface area contributed by atoms with Crippen molar-refractivity contribution in [3.05, 3.63) is 111 Å². The lowest BCUT2D eigenvalue weighted by Crippen LogP contribution is -2.04. The van der Waals surface area contributed by atoms with Crippen molar-refractivity contribution >= 4 is 34.7 Å². The average Bonchev–Trinajstić information content (AvgIpc) is 3.87. The predicted octanol–water partition coefficient (Wildman–Crippen LogP) is 3.38. The smallest absolute Gasteiger partial charge is 0.224 e. The molecule has 0 atom stereocenters. The number of imidazole rings is 6. The lowest BCUT2D eigenvalue weighted by Gasteiger charge is -2.05. The summed E-state index contributed by atoms with van der Waals surface area (Å²) in [6.07, 6.45) is 21.7. The van der Waals surface area contributed by atoms with Crippen LogP contribution in [0.2, 0.25) is 0 Å². The highest BCUT2D eigenvalue weighted by molar-refractivity contribution is 5.66. The SMILES string of the molecule is c1ccc(-c2cnc3n4ccnc4n4ccnc4n23)nc1.c1ccc(-c2cnc3n4ccnc4n4ccnc4n23)nc1. The van der Waals surface area contributed by atoms with Gasteiger partial charge < -0.3 is 0 Å². The first kappa shape index (κ1) is 22.4. The quantitative estimate of drug-likeness (QED) is 0.320. The van der Waals surface area contributed by atoms with Crippen molar-refractivity contribution in [2.45, 2.75) is 0 Å². The zero-order valence-corrected chi connectivity index (χ0v) is 21.7. The lowest BCUT2D eigenvalue weighted by molar-refractivity contribution is 0.978. The van der Waals surface area contributed by atoms with Crippen LogP contribution in [-0.2, 0) is 0 Å². The van der Waals surface area contributed by atoms with Crippen LogP contribution < -0.4 is 0 Å². The van der Waals surface area contributed by atoms with Crippen LogP contribution in [-0.4, -0.2) is 66.3 Å². The van der Waals surface area contributed by atoms with Crippen molar-refractivity contribution in [1.29, 1.82) is 0 Å². The molecule has 14 nitrogen and oxygen atoms in total. The molecular formula is C28H18N14. The second-order valence-corrected chi connectivity index (χ2v) is 9.38. The molecule has 0 amide bonds. The number of hydrogen-bond donors (Lipinski definition) is 0. The van der Waals surface area contributed by atoms with Crippen LogP contribution in [0.5, 0.6) is 0 Å². The Morgan fingerprint density at radius 3 is 1.12 bits per heavy atom. The molecule has 0 fully saturated rings. The summed E-state index contributed by atoms with van der Waals surface area (Å²) in [6, 6.07) is 11.6. The first-order chi connectivity index (χ1) is 20.9. The van der Waals surface area contributed by atoms with E-state index in [-0.39, 0.29) is 0 Å². The highest BCUT2D eigenvalue weighted by atomic mass is 15.3. The van der Waals surface area contributed by atoms with E-state index < -0.39 is 0 Å². The zero-order chi connectivity index (χ0) is 27.6. The molecule has 10 aromatic rings. The molecule has 0 unspecified atom stereocenters. The number of aromatic nitrogens is 14. The average molecular weight is 551 g/mol.